The number of aromatic nitrogens is 4. The summed E-state index contributed by atoms with van der Waals surface area (Å²) in [6.45, 7) is 3.53. The second-order valence-electron chi connectivity index (χ2n) is 7.16. The lowest BCUT2D eigenvalue weighted by molar-refractivity contribution is 0.286. The van der Waals surface area contributed by atoms with Crippen LogP contribution in [0.4, 0.5) is 5.82 Å². The first kappa shape index (κ1) is 18.7. The molecule has 144 valence electrons. The first-order chi connectivity index (χ1) is 12.7. The van der Waals surface area contributed by atoms with Gasteiger partial charge in [-0.1, -0.05) is 51.9 Å². The van der Waals surface area contributed by atoms with Crippen molar-refractivity contribution in [2.45, 2.75) is 71.3 Å². The van der Waals surface area contributed by atoms with Crippen LogP contribution in [0.25, 0.3) is 11.2 Å². The van der Waals surface area contributed by atoms with Crippen LogP contribution in [0.2, 0.25) is 0 Å². The number of imidazole rings is 1. The first-order valence-electron chi connectivity index (χ1n) is 9.93. The molecule has 1 saturated carbocycles. The lowest BCUT2D eigenvalue weighted by atomic mass is 10.0. The molecule has 2 aromatic rings. The SMILES string of the molecule is CCCCOc1nc(N)c2nc(OC)n(CCCCC3CCCC3)c2n1. The van der Waals surface area contributed by atoms with E-state index in [-0.39, 0.29) is 0 Å². The van der Waals surface area contributed by atoms with Gasteiger partial charge in [0.2, 0.25) is 0 Å². The van der Waals surface area contributed by atoms with Crippen LogP contribution in [-0.4, -0.2) is 33.2 Å². The Morgan fingerprint density at radius 2 is 1.92 bits per heavy atom. The highest BCUT2D eigenvalue weighted by molar-refractivity contribution is 5.83. The standard InChI is InChI=1S/C19H31N5O2/c1-3-4-13-26-18-22-16(20)15-17(23-18)24(19(21-15)25-2)12-8-7-11-14-9-5-6-10-14/h14H,3-13H2,1-2H3,(H2,20,22,23). The molecule has 0 spiro atoms. The number of nitrogens with zero attached hydrogens (tertiary/aromatic N) is 4. The van der Waals surface area contributed by atoms with E-state index in [4.69, 9.17) is 15.2 Å². The zero-order valence-electron chi connectivity index (χ0n) is 16.0. The highest BCUT2D eigenvalue weighted by Gasteiger charge is 2.18. The number of methoxy groups -OCH3 is 1. The Morgan fingerprint density at radius 1 is 1.12 bits per heavy atom. The van der Waals surface area contributed by atoms with Crippen LogP contribution in [-0.2, 0) is 6.54 Å². The van der Waals surface area contributed by atoms with E-state index in [0.717, 1.165) is 31.7 Å². The normalized spacial score (nSPS) is 15.0. The molecule has 1 aliphatic carbocycles. The molecular formula is C19H31N5O2. The maximum Gasteiger partial charge on any atom is 0.320 e. The van der Waals surface area contributed by atoms with E-state index in [2.05, 4.69) is 21.9 Å². The number of hydrogen-bond donors (Lipinski definition) is 1. The Labute approximate surface area is 155 Å². The summed E-state index contributed by atoms with van der Waals surface area (Å²) in [7, 11) is 1.62. The minimum atomic E-state index is 0.318. The van der Waals surface area contributed by atoms with Crippen LogP contribution in [0.1, 0.15) is 64.7 Å². The molecule has 1 aliphatic rings. The summed E-state index contributed by atoms with van der Waals surface area (Å²) in [5, 5.41) is 0. The molecule has 0 atom stereocenters. The summed E-state index contributed by atoms with van der Waals surface area (Å²) in [5.41, 5.74) is 7.35. The molecule has 2 aromatic heterocycles. The fourth-order valence-electron chi connectivity index (χ4n) is 3.71. The highest BCUT2D eigenvalue weighted by atomic mass is 16.5. The van der Waals surface area contributed by atoms with Crippen molar-refractivity contribution < 1.29 is 9.47 Å². The lowest BCUT2D eigenvalue weighted by Gasteiger charge is -2.10. The molecule has 1 fully saturated rings. The van der Waals surface area contributed by atoms with Gasteiger partial charge in [0.1, 0.15) is 0 Å². The van der Waals surface area contributed by atoms with E-state index >= 15 is 0 Å². The van der Waals surface area contributed by atoms with Crippen molar-refractivity contribution in [3.63, 3.8) is 0 Å². The fraction of sp³-hybridized carbons (Fsp3) is 0.737. The third-order valence-electron chi connectivity index (χ3n) is 5.20. The van der Waals surface area contributed by atoms with Gasteiger partial charge in [0, 0.05) is 6.54 Å². The van der Waals surface area contributed by atoms with Crippen molar-refractivity contribution in [2.24, 2.45) is 5.92 Å². The van der Waals surface area contributed by atoms with Gasteiger partial charge < -0.3 is 15.2 Å². The number of anilines is 1. The second kappa shape index (κ2) is 9.05. The van der Waals surface area contributed by atoms with E-state index < -0.39 is 0 Å². The molecule has 0 saturated heterocycles. The number of aryl methyl sites for hydroxylation is 1. The monoisotopic (exact) mass is 361 g/mol. The van der Waals surface area contributed by atoms with Crippen molar-refractivity contribution in [3.05, 3.63) is 0 Å². The van der Waals surface area contributed by atoms with Gasteiger partial charge in [0.15, 0.2) is 17.0 Å². The summed E-state index contributed by atoms with van der Waals surface area (Å²) >= 11 is 0. The minimum Gasteiger partial charge on any atom is -0.468 e. The van der Waals surface area contributed by atoms with Crippen LogP contribution in [0.3, 0.4) is 0 Å². The number of ether oxygens (including phenoxy) is 2. The molecule has 0 amide bonds. The molecule has 7 heteroatoms. The molecule has 0 aliphatic heterocycles. The smallest absolute Gasteiger partial charge is 0.320 e. The Morgan fingerprint density at radius 3 is 2.65 bits per heavy atom. The summed E-state index contributed by atoms with van der Waals surface area (Å²) in [6, 6.07) is 0.853. The number of unbranched alkanes of at least 4 members (excludes halogenated alkanes) is 2. The molecule has 0 unspecified atom stereocenters. The van der Waals surface area contributed by atoms with Crippen LogP contribution in [0, 0.1) is 5.92 Å². The number of rotatable bonds is 10. The van der Waals surface area contributed by atoms with E-state index in [1.54, 1.807) is 7.11 Å². The number of hydrogen-bond acceptors (Lipinski definition) is 6. The number of fused-ring (bicyclic) bond motifs is 1. The predicted octanol–water partition coefficient (Wildman–Crippen LogP) is 3.96. The van der Waals surface area contributed by atoms with Gasteiger partial charge in [0.25, 0.3) is 6.01 Å². The summed E-state index contributed by atoms with van der Waals surface area (Å²) in [5.74, 6) is 1.26. The van der Waals surface area contributed by atoms with Crippen LogP contribution < -0.4 is 15.2 Å². The number of nitrogen functional groups attached to an aromatic ring is 1. The second-order valence-corrected chi connectivity index (χ2v) is 7.16. The molecule has 0 bridgehead atoms. The lowest BCUT2D eigenvalue weighted by Crippen LogP contribution is -2.06. The van der Waals surface area contributed by atoms with Gasteiger partial charge in [0.05, 0.1) is 13.7 Å². The fourth-order valence-corrected chi connectivity index (χ4v) is 3.71. The third kappa shape index (κ3) is 4.37. The Kier molecular flexibility index (Phi) is 6.52. The maximum absolute atomic E-state index is 6.07. The Bertz CT molecular complexity index is 710. The molecular weight excluding hydrogens is 330 g/mol. The quantitative estimate of drug-likeness (QED) is 0.645. The average Bonchev–Trinajstić information content (AvgIpc) is 3.27. The molecule has 2 N–H and O–H groups in total. The van der Waals surface area contributed by atoms with Crippen molar-refractivity contribution in [1.82, 2.24) is 19.5 Å². The molecule has 0 aromatic carbocycles. The molecule has 26 heavy (non-hydrogen) atoms. The van der Waals surface area contributed by atoms with E-state index in [1.165, 1.54) is 38.5 Å². The van der Waals surface area contributed by atoms with Crippen LogP contribution in [0.15, 0.2) is 0 Å². The Balaban J connectivity index is 1.71. The molecule has 7 nitrogen and oxygen atoms in total. The van der Waals surface area contributed by atoms with Gasteiger partial charge in [-0.25, -0.2) is 0 Å². The third-order valence-corrected chi connectivity index (χ3v) is 5.20. The van der Waals surface area contributed by atoms with Crippen molar-refractivity contribution in [2.75, 3.05) is 19.5 Å². The molecule has 2 heterocycles. The Hall–Kier alpha value is -2.05. The van der Waals surface area contributed by atoms with Gasteiger partial charge in [-0.2, -0.15) is 15.0 Å². The minimum absolute atomic E-state index is 0.318. The van der Waals surface area contributed by atoms with Crippen LogP contribution >= 0.6 is 0 Å². The maximum atomic E-state index is 6.07. The first-order valence-corrected chi connectivity index (χ1v) is 9.93. The van der Waals surface area contributed by atoms with Gasteiger partial charge in [-0.15, -0.1) is 0 Å². The summed E-state index contributed by atoms with van der Waals surface area (Å²) in [6.07, 6.45) is 11.2. The zero-order valence-corrected chi connectivity index (χ0v) is 16.0. The van der Waals surface area contributed by atoms with Crippen molar-refractivity contribution in [1.29, 1.82) is 0 Å². The van der Waals surface area contributed by atoms with E-state index in [1.807, 2.05) is 4.57 Å². The van der Waals surface area contributed by atoms with Gasteiger partial charge >= 0.3 is 6.01 Å². The van der Waals surface area contributed by atoms with E-state index in [0.29, 0.717) is 35.6 Å². The molecule has 0 radical (unpaired) electrons. The summed E-state index contributed by atoms with van der Waals surface area (Å²) in [4.78, 5) is 13.2. The highest BCUT2D eigenvalue weighted by Crippen LogP contribution is 2.30. The number of nitrogens with two attached hydrogens (primary N) is 1. The van der Waals surface area contributed by atoms with Crippen molar-refractivity contribution >= 4 is 17.0 Å². The van der Waals surface area contributed by atoms with Crippen LogP contribution in [0.5, 0.6) is 12.0 Å². The average molecular weight is 361 g/mol. The predicted molar refractivity (Wildman–Crippen MR) is 102 cm³/mol. The van der Waals surface area contributed by atoms with E-state index in [9.17, 15) is 0 Å². The summed E-state index contributed by atoms with van der Waals surface area (Å²) < 4.78 is 13.1. The molecule has 3 rings (SSSR count). The zero-order chi connectivity index (χ0) is 18.4. The van der Waals surface area contributed by atoms with Gasteiger partial charge in [-0.3, -0.25) is 4.57 Å². The topological polar surface area (TPSA) is 88.1 Å². The van der Waals surface area contributed by atoms with Crippen molar-refractivity contribution in [3.8, 4) is 12.0 Å². The largest absolute Gasteiger partial charge is 0.468 e. The van der Waals surface area contributed by atoms with Gasteiger partial charge in [-0.05, 0) is 18.8 Å².